The maximum atomic E-state index is 8.89. The summed E-state index contributed by atoms with van der Waals surface area (Å²) in [7, 11) is 0. The Morgan fingerprint density at radius 1 is 1.41 bits per heavy atom. The predicted octanol–water partition coefficient (Wildman–Crippen LogP) is 1.05. The number of nitriles is 1. The summed E-state index contributed by atoms with van der Waals surface area (Å²) in [6, 6.07) is 3.81. The number of nitrogens with one attached hydrogen (secondary N) is 1. The van der Waals surface area contributed by atoms with Crippen LogP contribution in [0, 0.1) is 11.3 Å². The molecule has 0 atom stereocenters. The lowest BCUT2D eigenvalue weighted by molar-refractivity contribution is 0.570. The molecule has 0 bridgehead atoms. The zero-order chi connectivity index (χ0) is 11.9. The Labute approximate surface area is 98.9 Å². The summed E-state index contributed by atoms with van der Waals surface area (Å²) in [6.45, 7) is 1.56. The number of anilines is 1. The normalized spacial score (nSPS) is 9.82. The first-order chi connectivity index (χ1) is 8.40. The highest BCUT2D eigenvalue weighted by atomic mass is 15.4. The molecule has 86 valence electrons. The summed E-state index contributed by atoms with van der Waals surface area (Å²) in [6.07, 6.45) is 7.66. The van der Waals surface area contributed by atoms with Crippen LogP contribution in [-0.4, -0.2) is 26.5 Å². The topological polar surface area (TPSA) is 79.4 Å². The zero-order valence-corrected chi connectivity index (χ0v) is 9.24. The Bertz CT molecular complexity index is 499. The van der Waals surface area contributed by atoms with E-state index in [1.54, 1.807) is 29.3 Å². The van der Waals surface area contributed by atoms with E-state index < -0.39 is 0 Å². The lowest BCUT2D eigenvalue weighted by Gasteiger charge is -2.06. The second kappa shape index (κ2) is 5.61. The second-order valence-electron chi connectivity index (χ2n) is 3.48. The first kappa shape index (κ1) is 11.1. The van der Waals surface area contributed by atoms with Gasteiger partial charge < -0.3 is 5.32 Å². The van der Waals surface area contributed by atoms with Crippen molar-refractivity contribution >= 4 is 5.69 Å². The molecule has 0 unspecified atom stereocenters. The summed E-state index contributed by atoms with van der Waals surface area (Å²) in [5.74, 6) is 0. The molecular weight excluding hydrogens is 216 g/mol. The van der Waals surface area contributed by atoms with Crippen LogP contribution in [0.15, 0.2) is 30.9 Å². The van der Waals surface area contributed by atoms with E-state index in [9.17, 15) is 0 Å². The molecule has 0 aromatic carbocycles. The number of pyridine rings is 1. The van der Waals surface area contributed by atoms with Gasteiger partial charge in [0.25, 0.3) is 0 Å². The largest absolute Gasteiger partial charge is 0.383 e. The summed E-state index contributed by atoms with van der Waals surface area (Å²) in [5.41, 5.74) is 1.38. The van der Waals surface area contributed by atoms with Crippen molar-refractivity contribution in [1.82, 2.24) is 20.0 Å². The Balaban J connectivity index is 1.80. The fourth-order valence-electron chi connectivity index (χ4n) is 1.45. The van der Waals surface area contributed by atoms with E-state index in [2.05, 4.69) is 26.7 Å². The van der Waals surface area contributed by atoms with Crippen molar-refractivity contribution in [3.05, 3.63) is 36.4 Å². The van der Waals surface area contributed by atoms with Crippen LogP contribution in [0.1, 0.15) is 12.0 Å². The molecule has 2 rings (SSSR count). The second-order valence-corrected chi connectivity index (χ2v) is 3.48. The monoisotopic (exact) mass is 228 g/mol. The van der Waals surface area contributed by atoms with Crippen molar-refractivity contribution in [2.24, 2.45) is 0 Å². The van der Waals surface area contributed by atoms with Gasteiger partial charge in [-0.15, -0.1) is 5.10 Å². The van der Waals surface area contributed by atoms with Crippen LogP contribution in [-0.2, 0) is 6.54 Å². The van der Waals surface area contributed by atoms with Crippen molar-refractivity contribution in [3.63, 3.8) is 0 Å². The molecule has 2 heterocycles. The lowest BCUT2D eigenvalue weighted by Crippen LogP contribution is -2.08. The molecule has 0 aliphatic carbocycles. The van der Waals surface area contributed by atoms with Gasteiger partial charge in [-0.05, 0) is 12.5 Å². The highest BCUT2D eigenvalue weighted by Gasteiger charge is 1.99. The molecule has 17 heavy (non-hydrogen) atoms. The fraction of sp³-hybridized carbons (Fsp3) is 0.273. The first-order valence-electron chi connectivity index (χ1n) is 5.32. The SMILES string of the molecule is N#Cc1ccncc1NCCCn1ccnn1. The molecule has 6 nitrogen and oxygen atoms in total. The number of hydrogen-bond acceptors (Lipinski definition) is 5. The number of rotatable bonds is 5. The van der Waals surface area contributed by atoms with Crippen LogP contribution in [0.5, 0.6) is 0 Å². The van der Waals surface area contributed by atoms with E-state index in [4.69, 9.17) is 5.26 Å². The van der Waals surface area contributed by atoms with Gasteiger partial charge in [-0.3, -0.25) is 9.67 Å². The van der Waals surface area contributed by atoms with Crippen LogP contribution >= 0.6 is 0 Å². The summed E-state index contributed by atoms with van der Waals surface area (Å²) < 4.78 is 1.77. The molecule has 6 heteroatoms. The van der Waals surface area contributed by atoms with Crippen molar-refractivity contribution in [3.8, 4) is 6.07 Å². The molecule has 0 aliphatic heterocycles. The molecule has 2 aromatic rings. The Morgan fingerprint density at radius 2 is 2.35 bits per heavy atom. The van der Waals surface area contributed by atoms with Gasteiger partial charge in [0.1, 0.15) is 6.07 Å². The van der Waals surface area contributed by atoms with Gasteiger partial charge in [0.15, 0.2) is 0 Å². The molecular formula is C11H12N6. The van der Waals surface area contributed by atoms with E-state index in [1.165, 1.54) is 0 Å². The third-order valence-electron chi connectivity index (χ3n) is 2.29. The van der Waals surface area contributed by atoms with Crippen molar-refractivity contribution < 1.29 is 0 Å². The maximum absolute atomic E-state index is 8.89. The third-order valence-corrected chi connectivity index (χ3v) is 2.29. The number of aromatic nitrogens is 4. The smallest absolute Gasteiger partial charge is 0.101 e. The van der Waals surface area contributed by atoms with Crippen molar-refractivity contribution in [2.75, 3.05) is 11.9 Å². The average molecular weight is 228 g/mol. The molecule has 0 radical (unpaired) electrons. The van der Waals surface area contributed by atoms with Gasteiger partial charge in [-0.1, -0.05) is 5.21 Å². The minimum atomic E-state index is 0.612. The third kappa shape index (κ3) is 3.01. The average Bonchev–Trinajstić information content (AvgIpc) is 2.88. The van der Waals surface area contributed by atoms with Crippen LogP contribution in [0.2, 0.25) is 0 Å². The number of aryl methyl sites for hydroxylation is 1. The fourth-order valence-corrected chi connectivity index (χ4v) is 1.45. The Hall–Kier alpha value is -2.42. The minimum Gasteiger partial charge on any atom is -0.383 e. The molecule has 0 aliphatic rings. The number of nitrogens with zero attached hydrogens (tertiary/aromatic N) is 5. The predicted molar refractivity (Wildman–Crippen MR) is 62.1 cm³/mol. The van der Waals surface area contributed by atoms with E-state index in [0.29, 0.717) is 5.56 Å². The Kier molecular flexibility index (Phi) is 3.65. The summed E-state index contributed by atoms with van der Waals surface area (Å²) in [4.78, 5) is 3.98. The zero-order valence-electron chi connectivity index (χ0n) is 9.24. The summed E-state index contributed by atoms with van der Waals surface area (Å²) in [5, 5.41) is 19.7. The Morgan fingerprint density at radius 3 is 3.12 bits per heavy atom. The maximum Gasteiger partial charge on any atom is 0.101 e. The minimum absolute atomic E-state index is 0.612. The molecule has 2 aromatic heterocycles. The van der Waals surface area contributed by atoms with E-state index in [1.807, 2.05) is 6.20 Å². The van der Waals surface area contributed by atoms with Gasteiger partial charge in [-0.2, -0.15) is 5.26 Å². The van der Waals surface area contributed by atoms with Gasteiger partial charge in [-0.25, -0.2) is 0 Å². The molecule has 0 saturated heterocycles. The molecule has 0 amide bonds. The van der Waals surface area contributed by atoms with Crippen molar-refractivity contribution in [1.29, 1.82) is 5.26 Å². The quantitative estimate of drug-likeness (QED) is 0.774. The van der Waals surface area contributed by atoms with Crippen molar-refractivity contribution in [2.45, 2.75) is 13.0 Å². The highest BCUT2D eigenvalue weighted by Crippen LogP contribution is 2.11. The van der Waals surface area contributed by atoms with Crippen LogP contribution < -0.4 is 5.32 Å². The van der Waals surface area contributed by atoms with Gasteiger partial charge >= 0.3 is 0 Å². The standard InChI is InChI=1S/C11H12N6/c12-8-10-2-4-13-9-11(10)14-3-1-6-17-7-5-15-16-17/h2,4-5,7,9,14H,1,3,6H2. The van der Waals surface area contributed by atoms with Crippen LogP contribution in [0.25, 0.3) is 0 Å². The van der Waals surface area contributed by atoms with E-state index in [-0.39, 0.29) is 0 Å². The molecule has 0 spiro atoms. The number of hydrogen-bond donors (Lipinski definition) is 1. The highest BCUT2D eigenvalue weighted by molar-refractivity contribution is 5.55. The van der Waals surface area contributed by atoms with Crippen LogP contribution in [0.3, 0.4) is 0 Å². The van der Waals surface area contributed by atoms with E-state index in [0.717, 1.165) is 25.2 Å². The van der Waals surface area contributed by atoms with Gasteiger partial charge in [0, 0.05) is 25.5 Å². The van der Waals surface area contributed by atoms with Crippen LogP contribution in [0.4, 0.5) is 5.69 Å². The molecule has 0 saturated carbocycles. The lowest BCUT2D eigenvalue weighted by atomic mass is 10.2. The summed E-state index contributed by atoms with van der Waals surface area (Å²) >= 11 is 0. The molecule has 0 fully saturated rings. The first-order valence-corrected chi connectivity index (χ1v) is 5.32. The van der Waals surface area contributed by atoms with Gasteiger partial charge in [0.2, 0.25) is 0 Å². The molecule has 1 N–H and O–H groups in total. The van der Waals surface area contributed by atoms with E-state index >= 15 is 0 Å². The van der Waals surface area contributed by atoms with Gasteiger partial charge in [0.05, 0.1) is 23.6 Å².